The molecule has 0 aromatic carbocycles. The Labute approximate surface area is 129 Å². The molecule has 4 nitrogen and oxygen atoms in total. The van der Waals surface area contributed by atoms with Crippen molar-refractivity contribution >= 4 is 11.6 Å². The lowest BCUT2D eigenvalue weighted by Crippen LogP contribution is -2.17. The molecule has 0 saturated heterocycles. The van der Waals surface area contributed by atoms with E-state index in [1.807, 2.05) is 13.1 Å². The Balaban J connectivity index is 1.85. The molecule has 2 atom stereocenters. The van der Waals surface area contributed by atoms with E-state index in [9.17, 15) is 0 Å². The van der Waals surface area contributed by atoms with Crippen molar-refractivity contribution in [2.75, 3.05) is 24.2 Å². The van der Waals surface area contributed by atoms with Crippen LogP contribution in [-0.2, 0) is 6.42 Å². The van der Waals surface area contributed by atoms with Crippen LogP contribution in [-0.4, -0.2) is 23.6 Å². The van der Waals surface area contributed by atoms with Crippen molar-refractivity contribution in [3.8, 4) is 0 Å². The number of hydrogen-bond acceptors (Lipinski definition) is 4. The highest BCUT2D eigenvalue weighted by Crippen LogP contribution is 2.30. The fraction of sp³-hybridized carbons (Fsp3) is 0.765. The van der Waals surface area contributed by atoms with Gasteiger partial charge in [-0.2, -0.15) is 0 Å². The molecule has 0 aliphatic heterocycles. The number of nitrogens with zero attached hydrogens (tertiary/aromatic N) is 2. The van der Waals surface area contributed by atoms with Crippen LogP contribution in [0.2, 0.25) is 0 Å². The Morgan fingerprint density at radius 2 is 2.05 bits per heavy atom. The molecule has 1 saturated carbocycles. The van der Waals surface area contributed by atoms with Crippen LogP contribution in [0.5, 0.6) is 0 Å². The Morgan fingerprint density at radius 1 is 1.24 bits per heavy atom. The van der Waals surface area contributed by atoms with Gasteiger partial charge in [0.1, 0.15) is 17.5 Å². The zero-order valence-corrected chi connectivity index (χ0v) is 13.8. The molecule has 0 spiro atoms. The van der Waals surface area contributed by atoms with Crippen molar-refractivity contribution in [1.29, 1.82) is 0 Å². The van der Waals surface area contributed by atoms with E-state index in [4.69, 9.17) is 0 Å². The van der Waals surface area contributed by atoms with Crippen molar-refractivity contribution in [3.63, 3.8) is 0 Å². The number of hydrogen-bond donors (Lipinski definition) is 2. The summed E-state index contributed by atoms with van der Waals surface area (Å²) in [6.45, 7) is 5.57. The second-order valence-corrected chi connectivity index (χ2v) is 6.41. The highest BCUT2D eigenvalue weighted by Gasteiger charge is 2.18. The third-order valence-corrected chi connectivity index (χ3v) is 4.41. The highest BCUT2D eigenvalue weighted by atomic mass is 15.1. The molecular formula is C17H30N4. The van der Waals surface area contributed by atoms with Crippen molar-refractivity contribution in [2.24, 2.45) is 11.8 Å². The molecule has 1 fully saturated rings. The standard InChI is InChI=1S/C17H30N4/c1-4-6-15-20-16(18-3)12-17(21-15)19-10-9-14-8-5-7-13(2)11-14/h12-14H,4-11H2,1-3H3,(H2,18,19,20,21). The summed E-state index contributed by atoms with van der Waals surface area (Å²) in [6, 6.07) is 2.00. The maximum atomic E-state index is 4.61. The number of nitrogens with one attached hydrogen (secondary N) is 2. The predicted octanol–water partition coefficient (Wildman–Crippen LogP) is 4.10. The third-order valence-electron chi connectivity index (χ3n) is 4.41. The first-order valence-electron chi connectivity index (χ1n) is 8.50. The van der Waals surface area contributed by atoms with Crippen LogP contribution in [0.3, 0.4) is 0 Å². The van der Waals surface area contributed by atoms with E-state index >= 15 is 0 Å². The molecule has 0 radical (unpaired) electrons. The molecule has 1 aliphatic rings. The Morgan fingerprint density at radius 3 is 2.76 bits per heavy atom. The molecule has 1 aliphatic carbocycles. The molecule has 21 heavy (non-hydrogen) atoms. The summed E-state index contributed by atoms with van der Waals surface area (Å²) < 4.78 is 0. The molecular weight excluding hydrogens is 260 g/mol. The number of aromatic nitrogens is 2. The lowest BCUT2D eigenvalue weighted by Gasteiger charge is -2.26. The first kappa shape index (κ1) is 16.1. The zero-order chi connectivity index (χ0) is 15.1. The second kappa shape index (κ2) is 8.20. The predicted molar refractivity (Wildman–Crippen MR) is 89.8 cm³/mol. The van der Waals surface area contributed by atoms with E-state index < -0.39 is 0 Å². The van der Waals surface area contributed by atoms with Gasteiger partial charge in [0.2, 0.25) is 0 Å². The summed E-state index contributed by atoms with van der Waals surface area (Å²) in [5, 5.41) is 6.61. The molecule has 118 valence electrons. The fourth-order valence-corrected chi connectivity index (χ4v) is 3.28. The van der Waals surface area contributed by atoms with E-state index in [-0.39, 0.29) is 0 Å². The number of rotatable bonds is 7. The van der Waals surface area contributed by atoms with Crippen LogP contribution in [0.4, 0.5) is 11.6 Å². The van der Waals surface area contributed by atoms with Crippen LogP contribution in [0.25, 0.3) is 0 Å². The second-order valence-electron chi connectivity index (χ2n) is 6.41. The fourth-order valence-electron chi connectivity index (χ4n) is 3.28. The Bertz CT molecular complexity index is 433. The van der Waals surface area contributed by atoms with Gasteiger partial charge in [-0.1, -0.05) is 33.1 Å². The monoisotopic (exact) mass is 290 g/mol. The SMILES string of the molecule is CCCc1nc(NC)cc(NCCC2CCCC(C)C2)n1. The molecule has 0 amide bonds. The van der Waals surface area contributed by atoms with E-state index in [1.54, 1.807) is 0 Å². The molecule has 1 heterocycles. The first-order chi connectivity index (χ1) is 10.2. The van der Waals surface area contributed by atoms with Gasteiger partial charge in [0, 0.05) is 26.1 Å². The van der Waals surface area contributed by atoms with Gasteiger partial charge < -0.3 is 10.6 Å². The van der Waals surface area contributed by atoms with Crippen LogP contribution < -0.4 is 10.6 Å². The summed E-state index contributed by atoms with van der Waals surface area (Å²) in [6.07, 6.45) is 8.89. The third kappa shape index (κ3) is 5.18. The minimum atomic E-state index is 0.891. The lowest BCUT2D eigenvalue weighted by atomic mass is 9.81. The summed E-state index contributed by atoms with van der Waals surface area (Å²) in [5.74, 6) is 4.60. The van der Waals surface area contributed by atoms with Gasteiger partial charge in [-0.05, 0) is 31.1 Å². The molecule has 4 heteroatoms. The smallest absolute Gasteiger partial charge is 0.133 e. The zero-order valence-electron chi connectivity index (χ0n) is 13.8. The van der Waals surface area contributed by atoms with Crippen LogP contribution in [0, 0.1) is 11.8 Å². The van der Waals surface area contributed by atoms with Gasteiger partial charge in [0.05, 0.1) is 0 Å². The van der Waals surface area contributed by atoms with Gasteiger partial charge in [0.25, 0.3) is 0 Å². The molecule has 2 rings (SSSR count). The van der Waals surface area contributed by atoms with Crippen LogP contribution in [0.1, 0.15) is 58.2 Å². The summed E-state index contributed by atoms with van der Waals surface area (Å²) in [7, 11) is 1.91. The maximum Gasteiger partial charge on any atom is 0.133 e. The Hall–Kier alpha value is -1.32. The van der Waals surface area contributed by atoms with Gasteiger partial charge in [-0.3, -0.25) is 0 Å². The lowest BCUT2D eigenvalue weighted by molar-refractivity contribution is 0.274. The summed E-state index contributed by atoms with van der Waals surface area (Å²) in [5.41, 5.74) is 0. The van der Waals surface area contributed by atoms with Crippen molar-refractivity contribution in [2.45, 2.75) is 58.8 Å². The average molecular weight is 290 g/mol. The molecule has 0 bridgehead atoms. The van der Waals surface area contributed by atoms with Crippen molar-refractivity contribution in [3.05, 3.63) is 11.9 Å². The van der Waals surface area contributed by atoms with Crippen molar-refractivity contribution in [1.82, 2.24) is 9.97 Å². The number of aryl methyl sites for hydroxylation is 1. The summed E-state index contributed by atoms with van der Waals surface area (Å²) >= 11 is 0. The van der Waals surface area contributed by atoms with E-state index in [0.29, 0.717) is 0 Å². The minimum absolute atomic E-state index is 0.891. The Kier molecular flexibility index (Phi) is 6.27. The first-order valence-corrected chi connectivity index (χ1v) is 8.50. The van der Waals surface area contributed by atoms with E-state index in [1.165, 1.54) is 32.1 Å². The van der Waals surface area contributed by atoms with Crippen LogP contribution in [0.15, 0.2) is 6.07 Å². The number of anilines is 2. The van der Waals surface area contributed by atoms with E-state index in [0.717, 1.165) is 48.7 Å². The molecule has 2 N–H and O–H groups in total. The minimum Gasteiger partial charge on any atom is -0.373 e. The molecule has 2 unspecified atom stereocenters. The van der Waals surface area contributed by atoms with Gasteiger partial charge >= 0.3 is 0 Å². The molecule has 1 aromatic rings. The summed E-state index contributed by atoms with van der Waals surface area (Å²) in [4.78, 5) is 9.09. The average Bonchev–Trinajstić information content (AvgIpc) is 2.47. The van der Waals surface area contributed by atoms with Crippen LogP contribution >= 0.6 is 0 Å². The maximum absolute atomic E-state index is 4.61. The highest BCUT2D eigenvalue weighted by molar-refractivity contribution is 5.47. The van der Waals surface area contributed by atoms with Gasteiger partial charge in [0.15, 0.2) is 0 Å². The molecule has 1 aromatic heterocycles. The van der Waals surface area contributed by atoms with Gasteiger partial charge in [-0.25, -0.2) is 9.97 Å². The quantitative estimate of drug-likeness (QED) is 0.794. The van der Waals surface area contributed by atoms with E-state index in [2.05, 4.69) is 34.4 Å². The topological polar surface area (TPSA) is 49.8 Å². The normalized spacial score (nSPS) is 22.0. The van der Waals surface area contributed by atoms with Gasteiger partial charge in [-0.15, -0.1) is 0 Å². The largest absolute Gasteiger partial charge is 0.373 e. The van der Waals surface area contributed by atoms with Crippen molar-refractivity contribution < 1.29 is 0 Å².